The Morgan fingerprint density at radius 2 is 2.00 bits per heavy atom. The number of nitrogens with one attached hydrogen (secondary N) is 1. The Morgan fingerprint density at radius 3 is 2.72 bits per heavy atom. The minimum atomic E-state index is -0.0132. The van der Waals surface area contributed by atoms with Crippen molar-refractivity contribution in [3.63, 3.8) is 0 Å². The maximum absolute atomic E-state index is 13.0. The van der Waals surface area contributed by atoms with E-state index in [0.717, 1.165) is 24.2 Å². The Bertz CT molecular complexity index is 919. The summed E-state index contributed by atoms with van der Waals surface area (Å²) in [6.45, 7) is 4.04. The van der Waals surface area contributed by atoms with Crippen molar-refractivity contribution in [2.75, 3.05) is 19.6 Å². The van der Waals surface area contributed by atoms with Gasteiger partial charge in [0.2, 0.25) is 11.8 Å². The molecule has 3 heterocycles. The number of hydrogen-bond donors (Lipinski definition) is 1. The second-order valence-corrected chi connectivity index (χ2v) is 6.66. The number of nitrogens with zero attached hydrogens (tertiary/aromatic N) is 3. The zero-order valence-corrected chi connectivity index (χ0v) is 17.7. The number of hydrogen-bond acceptors (Lipinski definition) is 5. The second kappa shape index (κ2) is 10.4. The van der Waals surface area contributed by atoms with E-state index in [2.05, 4.69) is 15.3 Å². The van der Waals surface area contributed by atoms with E-state index in [9.17, 15) is 4.79 Å². The summed E-state index contributed by atoms with van der Waals surface area (Å²) >= 11 is 0. The smallest absolute Gasteiger partial charge is 0.229 e. The van der Waals surface area contributed by atoms with Crippen LogP contribution in [-0.2, 0) is 11.2 Å². The first-order valence-electron chi connectivity index (χ1n) is 9.14. The molecule has 0 bridgehead atoms. The number of aromatic nitrogens is 2. The van der Waals surface area contributed by atoms with Crippen LogP contribution >= 0.6 is 24.8 Å². The molecule has 1 aliphatic rings. The van der Waals surface area contributed by atoms with Crippen LogP contribution in [-0.4, -0.2) is 40.4 Å². The molecule has 1 amide bonds. The van der Waals surface area contributed by atoms with Gasteiger partial charge in [0.1, 0.15) is 5.76 Å². The zero-order valence-electron chi connectivity index (χ0n) is 16.1. The van der Waals surface area contributed by atoms with E-state index in [0.29, 0.717) is 23.9 Å². The number of aryl methyl sites for hydroxylation is 1. The number of rotatable bonds is 4. The number of pyridine rings is 1. The van der Waals surface area contributed by atoms with Gasteiger partial charge in [0, 0.05) is 37.6 Å². The highest BCUT2D eigenvalue weighted by Crippen LogP contribution is 2.25. The first-order chi connectivity index (χ1) is 13.2. The lowest BCUT2D eigenvalue weighted by Gasteiger charge is -2.36. The average Bonchev–Trinajstić information content (AvgIpc) is 3.09. The van der Waals surface area contributed by atoms with Gasteiger partial charge in [-0.2, -0.15) is 0 Å². The van der Waals surface area contributed by atoms with E-state index >= 15 is 0 Å². The van der Waals surface area contributed by atoms with Crippen LogP contribution < -0.4 is 5.32 Å². The predicted octanol–water partition coefficient (Wildman–Crippen LogP) is 3.60. The minimum Gasteiger partial charge on any atom is -0.441 e. The summed E-state index contributed by atoms with van der Waals surface area (Å²) in [6.07, 6.45) is 3.81. The number of halogens is 2. The molecule has 1 unspecified atom stereocenters. The summed E-state index contributed by atoms with van der Waals surface area (Å²) in [5.41, 5.74) is 2.65. The number of oxazole rings is 1. The highest BCUT2D eigenvalue weighted by molar-refractivity contribution is 5.85. The molecule has 6 nitrogen and oxygen atoms in total. The molecule has 154 valence electrons. The van der Waals surface area contributed by atoms with Crippen molar-refractivity contribution in [2.24, 2.45) is 0 Å². The van der Waals surface area contributed by atoms with Crippen LogP contribution in [0.2, 0.25) is 0 Å². The van der Waals surface area contributed by atoms with Crippen molar-refractivity contribution in [1.29, 1.82) is 0 Å². The SMILES string of the molecule is Cc1oc(-c2ccccc2)nc1CC(=O)N1CCNCC1c1cccnc1.Cl.Cl. The molecule has 4 rings (SSSR count). The van der Waals surface area contributed by atoms with Crippen molar-refractivity contribution in [1.82, 2.24) is 20.2 Å². The Kier molecular flexibility index (Phi) is 8.20. The first kappa shape index (κ1) is 22.9. The molecule has 8 heteroatoms. The van der Waals surface area contributed by atoms with Gasteiger partial charge in [0.15, 0.2) is 0 Å². The third-order valence-corrected chi connectivity index (χ3v) is 4.87. The van der Waals surface area contributed by atoms with Crippen LogP contribution in [0.25, 0.3) is 11.5 Å². The highest BCUT2D eigenvalue weighted by Gasteiger charge is 2.29. The molecule has 0 spiro atoms. The molecule has 0 radical (unpaired) electrons. The molecule has 1 saturated heterocycles. The molecule has 1 aliphatic heterocycles. The van der Waals surface area contributed by atoms with Gasteiger partial charge in [-0.1, -0.05) is 24.3 Å². The van der Waals surface area contributed by atoms with E-state index < -0.39 is 0 Å². The van der Waals surface area contributed by atoms with Gasteiger partial charge in [-0.15, -0.1) is 24.8 Å². The fourth-order valence-corrected chi connectivity index (χ4v) is 3.41. The Balaban J connectivity index is 0.00000150. The minimum absolute atomic E-state index is 0. The second-order valence-electron chi connectivity index (χ2n) is 6.66. The maximum Gasteiger partial charge on any atom is 0.229 e. The topological polar surface area (TPSA) is 71.3 Å². The summed E-state index contributed by atoms with van der Waals surface area (Å²) in [4.78, 5) is 23.7. The van der Waals surface area contributed by atoms with Crippen LogP contribution in [0.4, 0.5) is 0 Å². The molecule has 1 N–H and O–H groups in total. The lowest BCUT2D eigenvalue weighted by atomic mass is 10.0. The summed E-state index contributed by atoms with van der Waals surface area (Å²) in [7, 11) is 0. The largest absolute Gasteiger partial charge is 0.441 e. The summed E-state index contributed by atoms with van der Waals surface area (Å²) in [5.74, 6) is 1.30. The van der Waals surface area contributed by atoms with E-state index in [1.54, 1.807) is 6.20 Å². The number of piperazine rings is 1. The van der Waals surface area contributed by atoms with Gasteiger partial charge in [-0.25, -0.2) is 4.98 Å². The van der Waals surface area contributed by atoms with Crippen molar-refractivity contribution >= 4 is 30.7 Å². The van der Waals surface area contributed by atoms with Gasteiger partial charge in [-0.05, 0) is 30.7 Å². The molecule has 1 atom stereocenters. The molecule has 3 aromatic rings. The highest BCUT2D eigenvalue weighted by atomic mass is 35.5. The lowest BCUT2D eigenvalue weighted by Crippen LogP contribution is -2.49. The van der Waals surface area contributed by atoms with Crippen molar-refractivity contribution in [3.8, 4) is 11.5 Å². The Morgan fingerprint density at radius 1 is 1.21 bits per heavy atom. The van der Waals surface area contributed by atoms with Crippen LogP contribution in [0.5, 0.6) is 0 Å². The summed E-state index contributed by atoms with van der Waals surface area (Å²) in [5, 5.41) is 3.36. The number of carbonyl (C=O) groups is 1. The molecule has 1 fully saturated rings. The van der Waals surface area contributed by atoms with Crippen LogP contribution in [0.1, 0.15) is 23.1 Å². The fraction of sp³-hybridized carbons (Fsp3) is 0.286. The van der Waals surface area contributed by atoms with E-state index in [4.69, 9.17) is 4.42 Å². The molecular weight excluding hydrogens is 411 g/mol. The molecule has 29 heavy (non-hydrogen) atoms. The third-order valence-electron chi connectivity index (χ3n) is 4.87. The van der Waals surface area contributed by atoms with E-state index in [1.165, 1.54) is 0 Å². The monoisotopic (exact) mass is 434 g/mol. The Hall–Kier alpha value is -2.41. The van der Waals surface area contributed by atoms with Gasteiger partial charge in [-0.3, -0.25) is 9.78 Å². The standard InChI is InChI=1S/C21H22N4O2.2ClH/c1-15-18(24-21(27-15)16-6-3-2-4-7-16)12-20(26)25-11-10-23-14-19(25)17-8-5-9-22-13-17;;/h2-9,13,19,23H,10-12,14H2,1H3;2*1H. The van der Waals surface area contributed by atoms with Crippen molar-refractivity contribution in [3.05, 3.63) is 71.9 Å². The summed E-state index contributed by atoms with van der Waals surface area (Å²) < 4.78 is 5.80. The van der Waals surface area contributed by atoms with Gasteiger partial charge in [0.05, 0.1) is 18.2 Å². The van der Waals surface area contributed by atoms with Crippen LogP contribution in [0.15, 0.2) is 59.3 Å². The van der Waals surface area contributed by atoms with Gasteiger partial charge < -0.3 is 14.6 Å². The summed E-state index contributed by atoms with van der Waals surface area (Å²) in [6, 6.07) is 13.6. The lowest BCUT2D eigenvalue weighted by molar-refractivity contribution is -0.133. The number of amides is 1. The first-order valence-corrected chi connectivity index (χ1v) is 9.14. The van der Waals surface area contributed by atoms with Gasteiger partial charge in [0.25, 0.3) is 0 Å². The Labute approximate surface area is 182 Å². The maximum atomic E-state index is 13.0. The van der Waals surface area contributed by atoms with Crippen molar-refractivity contribution in [2.45, 2.75) is 19.4 Å². The zero-order chi connectivity index (χ0) is 18.6. The third kappa shape index (κ3) is 5.15. The number of carbonyl (C=O) groups excluding carboxylic acids is 1. The van der Waals surface area contributed by atoms with E-state index in [-0.39, 0.29) is 43.2 Å². The quantitative estimate of drug-likeness (QED) is 0.678. The predicted molar refractivity (Wildman–Crippen MR) is 116 cm³/mol. The van der Waals surface area contributed by atoms with Gasteiger partial charge >= 0.3 is 0 Å². The molecule has 0 aliphatic carbocycles. The molecule has 0 saturated carbocycles. The van der Waals surface area contributed by atoms with Crippen LogP contribution in [0, 0.1) is 6.92 Å². The fourth-order valence-electron chi connectivity index (χ4n) is 3.41. The number of benzene rings is 1. The van der Waals surface area contributed by atoms with Crippen molar-refractivity contribution < 1.29 is 9.21 Å². The average molecular weight is 435 g/mol. The van der Waals surface area contributed by atoms with Crippen LogP contribution in [0.3, 0.4) is 0 Å². The normalized spacial score (nSPS) is 15.9. The molecule has 2 aromatic heterocycles. The molecule has 1 aromatic carbocycles. The molecular formula is C21H24Cl2N4O2. The van der Waals surface area contributed by atoms with E-state index in [1.807, 2.05) is 60.5 Å².